The van der Waals surface area contributed by atoms with Crippen LogP contribution in [0.15, 0.2) is 12.1 Å². The molecule has 1 aromatic carbocycles. The first-order valence-electron chi connectivity index (χ1n) is 7.92. The summed E-state index contributed by atoms with van der Waals surface area (Å²) in [5.74, 6) is -0.889. The van der Waals surface area contributed by atoms with Gasteiger partial charge in [0, 0.05) is 23.7 Å². The third kappa shape index (κ3) is 2.75. The van der Waals surface area contributed by atoms with Crippen molar-refractivity contribution in [2.24, 2.45) is 0 Å². The van der Waals surface area contributed by atoms with Crippen molar-refractivity contribution in [2.75, 3.05) is 6.61 Å². The van der Waals surface area contributed by atoms with Gasteiger partial charge in [-0.1, -0.05) is 6.92 Å². The number of nitrogens with zero attached hydrogens (tertiary/aromatic N) is 1. The molecule has 120 valence electrons. The molecule has 1 heterocycles. The molecule has 4 nitrogen and oxygen atoms in total. The molecule has 0 saturated heterocycles. The SMILES string of the molecule is CCc1cc(C(=O)O)cc2c(CCCO)c(C)n(C(C)C)c12. The smallest absolute Gasteiger partial charge is 0.335 e. The van der Waals surface area contributed by atoms with Crippen LogP contribution in [-0.4, -0.2) is 27.4 Å². The predicted octanol–water partition coefficient (Wildman–Crippen LogP) is 3.72. The fourth-order valence-electron chi connectivity index (χ4n) is 3.33. The molecule has 0 aliphatic rings. The number of aliphatic hydroxyl groups excluding tert-OH is 1. The lowest BCUT2D eigenvalue weighted by Crippen LogP contribution is -2.05. The van der Waals surface area contributed by atoms with Crippen LogP contribution in [0.25, 0.3) is 10.9 Å². The number of hydrogen-bond acceptors (Lipinski definition) is 2. The van der Waals surface area contributed by atoms with Crippen LogP contribution in [0.3, 0.4) is 0 Å². The molecule has 0 aliphatic heterocycles. The number of aromatic nitrogens is 1. The Labute approximate surface area is 131 Å². The number of rotatable bonds is 6. The number of hydrogen-bond donors (Lipinski definition) is 2. The molecular weight excluding hydrogens is 278 g/mol. The van der Waals surface area contributed by atoms with Gasteiger partial charge in [-0.25, -0.2) is 4.79 Å². The van der Waals surface area contributed by atoms with Gasteiger partial charge in [-0.2, -0.15) is 0 Å². The van der Waals surface area contributed by atoms with E-state index in [-0.39, 0.29) is 6.61 Å². The Morgan fingerprint density at radius 1 is 1.32 bits per heavy atom. The summed E-state index contributed by atoms with van der Waals surface area (Å²) in [7, 11) is 0. The van der Waals surface area contributed by atoms with Crippen LogP contribution in [0.2, 0.25) is 0 Å². The van der Waals surface area contributed by atoms with E-state index in [4.69, 9.17) is 5.11 Å². The van der Waals surface area contributed by atoms with Gasteiger partial charge in [0.25, 0.3) is 0 Å². The highest BCUT2D eigenvalue weighted by Gasteiger charge is 2.20. The molecule has 0 aliphatic carbocycles. The second-order valence-corrected chi connectivity index (χ2v) is 6.05. The minimum absolute atomic E-state index is 0.146. The van der Waals surface area contributed by atoms with E-state index in [0.717, 1.165) is 34.9 Å². The van der Waals surface area contributed by atoms with E-state index in [9.17, 15) is 9.90 Å². The lowest BCUT2D eigenvalue weighted by Gasteiger charge is -2.15. The summed E-state index contributed by atoms with van der Waals surface area (Å²) in [6.45, 7) is 8.58. The first kappa shape index (κ1) is 16.6. The predicted molar refractivity (Wildman–Crippen MR) is 88.8 cm³/mol. The molecule has 0 fully saturated rings. The molecule has 2 aromatic rings. The Balaban J connectivity index is 2.84. The first-order chi connectivity index (χ1) is 10.4. The van der Waals surface area contributed by atoms with Gasteiger partial charge < -0.3 is 14.8 Å². The molecule has 0 unspecified atom stereocenters. The molecule has 2 rings (SSSR count). The van der Waals surface area contributed by atoms with Crippen molar-refractivity contribution >= 4 is 16.9 Å². The summed E-state index contributed by atoms with van der Waals surface area (Å²) in [4.78, 5) is 11.4. The standard InChI is InChI=1S/C18H25NO3/c1-5-13-9-14(18(21)22)10-16-15(7-6-8-20)12(4)19(11(2)3)17(13)16/h9-11,20H,5-8H2,1-4H3,(H,21,22). The second kappa shape index (κ2) is 6.53. The fraction of sp³-hybridized carbons (Fsp3) is 0.500. The highest BCUT2D eigenvalue weighted by Crippen LogP contribution is 2.33. The summed E-state index contributed by atoms with van der Waals surface area (Å²) in [5, 5.41) is 19.5. The van der Waals surface area contributed by atoms with Crippen molar-refractivity contribution in [1.82, 2.24) is 4.57 Å². The highest BCUT2D eigenvalue weighted by molar-refractivity contribution is 5.97. The van der Waals surface area contributed by atoms with Crippen LogP contribution in [0, 0.1) is 6.92 Å². The van der Waals surface area contributed by atoms with Gasteiger partial charge >= 0.3 is 5.97 Å². The molecule has 0 saturated carbocycles. The molecule has 0 amide bonds. The van der Waals surface area contributed by atoms with Gasteiger partial charge in [-0.05, 0) is 63.3 Å². The van der Waals surface area contributed by atoms with Crippen molar-refractivity contribution < 1.29 is 15.0 Å². The van der Waals surface area contributed by atoms with E-state index < -0.39 is 5.97 Å². The number of fused-ring (bicyclic) bond motifs is 1. The van der Waals surface area contributed by atoms with Gasteiger partial charge in [-0.3, -0.25) is 0 Å². The summed E-state index contributed by atoms with van der Waals surface area (Å²) in [6.07, 6.45) is 2.26. The van der Waals surface area contributed by atoms with Crippen molar-refractivity contribution in [2.45, 2.75) is 53.0 Å². The van der Waals surface area contributed by atoms with E-state index >= 15 is 0 Å². The van der Waals surface area contributed by atoms with Crippen molar-refractivity contribution in [1.29, 1.82) is 0 Å². The molecule has 0 spiro atoms. The summed E-state index contributed by atoms with van der Waals surface area (Å²) in [6, 6.07) is 3.89. The maximum absolute atomic E-state index is 11.4. The molecule has 22 heavy (non-hydrogen) atoms. The third-order valence-corrected chi connectivity index (χ3v) is 4.28. The molecular formula is C18H25NO3. The highest BCUT2D eigenvalue weighted by atomic mass is 16.4. The number of aromatic carboxylic acids is 1. The van der Waals surface area contributed by atoms with Crippen LogP contribution in [-0.2, 0) is 12.8 Å². The second-order valence-electron chi connectivity index (χ2n) is 6.05. The Morgan fingerprint density at radius 3 is 2.50 bits per heavy atom. The molecule has 0 radical (unpaired) electrons. The largest absolute Gasteiger partial charge is 0.478 e. The lowest BCUT2D eigenvalue weighted by atomic mass is 10.00. The number of aryl methyl sites for hydroxylation is 2. The lowest BCUT2D eigenvalue weighted by molar-refractivity contribution is 0.0697. The van der Waals surface area contributed by atoms with Crippen molar-refractivity contribution in [3.63, 3.8) is 0 Å². The maximum atomic E-state index is 11.4. The summed E-state index contributed by atoms with van der Waals surface area (Å²) in [5.41, 5.74) is 4.90. The molecule has 0 bridgehead atoms. The van der Waals surface area contributed by atoms with Crippen molar-refractivity contribution in [3.05, 3.63) is 34.5 Å². The number of carboxylic acids is 1. The number of carboxylic acid groups (broad SMARTS) is 1. The molecule has 0 atom stereocenters. The van der Waals surface area contributed by atoms with Gasteiger partial charge in [0.15, 0.2) is 0 Å². The van der Waals surface area contributed by atoms with Crippen LogP contribution >= 0.6 is 0 Å². The van der Waals surface area contributed by atoms with Crippen LogP contribution < -0.4 is 0 Å². The minimum Gasteiger partial charge on any atom is -0.478 e. The van der Waals surface area contributed by atoms with E-state index in [2.05, 4.69) is 32.3 Å². The van der Waals surface area contributed by atoms with Gasteiger partial charge in [-0.15, -0.1) is 0 Å². The van der Waals surface area contributed by atoms with Crippen LogP contribution in [0.5, 0.6) is 0 Å². The summed E-state index contributed by atoms with van der Waals surface area (Å²) < 4.78 is 2.30. The number of aliphatic hydroxyl groups is 1. The zero-order valence-electron chi connectivity index (χ0n) is 13.8. The Bertz CT molecular complexity index is 698. The average Bonchev–Trinajstić information content (AvgIpc) is 2.75. The number of carbonyl (C=O) groups is 1. The zero-order chi connectivity index (χ0) is 16.4. The first-order valence-corrected chi connectivity index (χ1v) is 7.92. The molecule has 4 heteroatoms. The Hall–Kier alpha value is -1.81. The van der Waals surface area contributed by atoms with Crippen LogP contribution in [0.4, 0.5) is 0 Å². The van der Waals surface area contributed by atoms with E-state index in [1.807, 2.05) is 0 Å². The van der Waals surface area contributed by atoms with E-state index in [1.54, 1.807) is 12.1 Å². The Morgan fingerprint density at radius 2 is 2.00 bits per heavy atom. The number of benzene rings is 1. The maximum Gasteiger partial charge on any atom is 0.335 e. The summed E-state index contributed by atoms with van der Waals surface area (Å²) >= 11 is 0. The van der Waals surface area contributed by atoms with Crippen molar-refractivity contribution in [3.8, 4) is 0 Å². The monoisotopic (exact) mass is 303 g/mol. The topological polar surface area (TPSA) is 62.5 Å². The molecule has 2 N–H and O–H groups in total. The fourth-order valence-corrected chi connectivity index (χ4v) is 3.33. The van der Waals surface area contributed by atoms with Gasteiger partial charge in [0.2, 0.25) is 0 Å². The van der Waals surface area contributed by atoms with E-state index in [1.165, 1.54) is 5.69 Å². The average molecular weight is 303 g/mol. The normalized spacial score (nSPS) is 11.5. The quantitative estimate of drug-likeness (QED) is 0.855. The Kier molecular flexibility index (Phi) is 4.91. The zero-order valence-corrected chi connectivity index (χ0v) is 13.8. The van der Waals surface area contributed by atoms with E-state index in [0.29, 0.717) is 18.0 Å². The van der Waals surface area contributed by atoms with Crippen LogP contribution in [0.1, 0.15) is 60.4 Å². The molecule has 1 aromatic heterocycles. The third-order valence-electron chi connectivity index (χ3n) is 4.28. The van der Waals surface area contributed by atoms with Gasteiger partial charge in [0.1, 0.15) is 0 Å². The van der Waals surface area contributed by atoms with Gasteiger partial charge in [0.05, 0.1) is 11.1 Å². The minimum atomic E-state index is -0.889.